The number of aliphatic carboxylic acids is 1. The summed E-state index contributed by atoms with van der Waals surface area (Å²) in [5, 5.41) is 22.1. The highest BCUT2D eigenvalue weighted by Gasteiger charge is 2.36. The summed E-state index contributed by atoms with van der Waals surface area (Å²) < 4.78 is 0. The fraction of sp³-hybridized carbons (Fsp3) is 0.214. The molecule has 0 aliphatic rings. The number of hydrogen-bond donors (Lipinski definition) is 1. The zero-order valence-corrected chi connectivity index (χ0v) is 11.6. The molecule has 2 aromatic rings. The van der Waals surface area contributed by atoms with Crippen molar-refractivity contribution < 1.29 is 14.8 Å². The Kier molecular flexibility index (Phi) is 3.85. The van der Waals surface area contributed by atoms with E-state index in [2.05, 4.69) is 0 Å². The van der Waals surface area contributed by atoms with Gasteiger partial charge in [0.05, 0.1) is 10.3 Å². The predicted molar refractivity (Wildman–Crippen MR) is 76.1 cm³/mol. The normalized spacial score (nSPS) is 13.7. The number of thiophene rings is 1. The molecule has 0 saturated heterocycles. The van der Waals surface area contributed by atoms with Crippen LogP contribution in [-0.4, -0.2) is 16.0 Å². The van der Waals surface area contributed by atoms with Gasteiger partial charge < -0.3 is 5.11 Å². The number of nitro groups is 1. The van der Waals surface area contributed by atoms with Crippen LogP contribution in [0.5, 0.6) is 0 Å². The first-order valence-corrected chi connectivity index (χ1v) is 6.82. The van der Waals surface area contributed by atoms with Crippen LogP contribution in [0.4, 0.5) is 5.69 Å². The molecule has 1 N–H and O–H groups in total. The molecule has 0 spiro atoms. The van der Waals surface area contributed by atoms with Gasteiger partial charge in [-0.25, -0.2) is 0 Å². The molecule has 0 bridgehead atoms. The lowest BCUT2D eigenvalue weighted by molar-refractivity contribution is -0.384. The largest absolute Gasteiger partial charge is 0.481 e. The summed E-state index contributed by atoms with van der Waals surface area (Å²) in [6.45, 7) is 1.64. The number of benzene rings is 1. The first kappa shape index (κ1) is 14.2. The Morgan fingerprint density at radius 2 is 2.00 bits per heavy atom. The van der Waals surface area contributed by atoms with E-state index in [9.17, 15) is 20.0 Å². The summed E-state index contributed by atoms with van der Waals surface area (Å²) in [7, 11) is 0. The van der Waals surface area contributed by atoms with Crippen molar-refractivity contribution in [3.8, 4) is 0 Å². The Bertz CT molecular complexity index is 621. The lowest BCUT2D eigenvalue weighted by Gasteiger charge is -2.24. The molecule has 1 aromatic heterocycles. The third-order valence-electron chi connectivity index (χ3n) is 3.30. The summed E-state index contributed by atoms with van der Waals surface area (Å²) in [6, 6.07) is 9.46. The molecule has 1 aromatic carbocycles. The monoisotopic (exact) mass is 291 g/mol. The number of nitro benzene ring substituents is 1. The highest BCUT2D eigenvalue weighted by atomic mass is 32.1. The van der Waals surface area contributed by atoms with Crippen LogP contribution in [0, 0.1) is 10.1 Å². The quantitative estimate of drug-likeness (QED) is 0.677. The van der Waals surface area contributed by atoms with Crippen LogP contribution in [0.15, 0.2) is 41.8 Å². The van der Waals surface area contributed by atoms with Crippen LogP contribution in [0.1, 0.15) is 17.4 Å². The first-order valence-electron chi connectivity index (χ1n) is 5.94. The highest BCUT2D eigenvalue weighted by molar-refractivity contribution is 7.09. The van der Waals surface area contributed by atoms with Crippen LogP contribution in [0.2, 0.25) is 0 Å². The van der Waals surface area contributed by atoms with E-state index in [1.807, 2.05) is 17.5 Å². The van der Waals surface area contributed by atoms with Crippen molar-refractivity contribution in [2.45, 2.75) is 18.8 Å². The smallest absolute Gasteiger partial charge is 0.314 e. The van der Waals surface area contributed by atoms with E-state index < -0.39 is 16.3 Å². The van der Waals surface area contributed by atoms with E-state index in [0.717, 1.165) is 4.88 Å². The molecule has 20 heavy (non-hydrogen) atoms. The molecule has 0 aliphatic carbocycles. The van der Waals surface area contributed by atoms with Crippen molar-refractivity contribution in [2.24, 2.45) is 0 Å². The fourth-order valence-electron chi connectivity index (χ4n) is 2.01. The number of carbonyl (C=O) groups is 1. The van der Waals surface area contributed by atoms with Gasteiger partial charge in [0.1, 0.15) is 0 Å². The van der Waals surface area contributed by atoms with Gasteiger partial charge in [-0.15, -0.1) is 11.3 Å². The van der Waals surface area contributed by atoms with Gasteiger partial charge >= 0.3 is 5.97 Å². The van der Waals surface area contributed by atoms with E-state index in [1.165, 1.54) is 35.6 Å². The summed E-state index contributed by atoms with van der Waals surface area (Å²) in [5.41, 5.74) is -0.582. The van der Waals surface area contributed by atoms with Crippen LogP contribution in [-0.2, 0) is 16.6 Å². The summed E-state index contributed by atoms with van der Waals surface area (Å²) in [5.74, 6) is -0.945. The number of non-ortho nitro benzene ring substituents is 1. The Balaban J connectivity index is 2.37. The molecular formula is C14H13NO4S. The summed E-state index contributed by atoms with van der Waals surface area (Å²) >= 11 is 1.50. The van der Waals surface area contributed by atoms with Crippen molar-refractivity contribution in [2.75, 3.05) is 0 Å². The Hall–Kier alpha value is -2.21. The van der Waals surface area contributed by atoms with Crippen LogP contribution < -0.4 is 0 Å². The Labute approximate surface area is 119 Å². The Morgan fingerprint density at radius 3 is 2.45 bits per heavy atom. The molecule has 1 heterocycles. The molecule has 6 heteroatoms. The predicted octanol–water partition coefficient (Wildman–Crippen LogP) is 3.24. The molecule has 0 amide bonds. The maximum atomic E-state index is 11.6. The van der Waals surface area contributed by atoms with Crippen molar-refractivity contribution in [1.82, 2.24) is 0 Å². The average molecular weight is 291 g/mol. The van der Waals surface area contributed by atoms with Gasteiger partial charge in [-0.2, -0.15) is 0 Å². The van der Waals surface area contributed by atoms with Gasteiger partial charge in [-0.1, -0.05) is 18.2 Å². The summed E-state index contributed by atoms with van der Waals surface area (Å²) in [6.07, 6.45) is 0.359. The minimum absolute atomic E-state index is 0.0439. The van der Waals surface area contributed by atoms with E-state index in [4.69, 9.17) is 0 Å². The van der Waals surface area contributed by atoms with E-state index >= 15 is 0 Å². The highest BCUT2D eigenvalue weighted by Crippen LogP contribution is 2.31. The van der Waals surface area contributed by atoms with Gasteiger partial charge in [0.25, 0.3) is 5.69 Å². The third kappa shape index (κ3) is 2.70. The minimum Gasteiger partial charge on any atom is -0.481 e. The topological polar surface area (TPSA) is 80.4 Å². The van der Waals surface area contributed by atoms with Crippen LogP contribution >= 0.6 is 11.3 Å². The zero-order chi connectivity index (χ0) is 14.8. The SMILES string of the molecule is CC(Cc1cccs1)(C(=O)O)c1ccc([N+](=O)[O-])cc1. The van der Waals surface area contributed by atoms with Crippen molar-refractivity contribution >= 4 is 23.0 Å². The maximum absolute atomic E-state index is 11.6. The Morgan fingerprint density at radius 1 is 1.35 bits per heavy atom. The molecule has 2 rings (SSSR count). The van der Waals surface area contributed by atoms with E-state index in [1.54, 1.807) is 6.92 Å². The number of hydrogen-bond acceptors (Lipinski definition) is 4. The fourth-order valence-corrected chi connectivity index (χ4v) is 2.87. The zero-order valence-electron chi connectivity index (χ0n) is 10.8. The molecule has 1 atom stereocenters. The number of nitrogens with zero attached hydrogens (tertiary/aromatic N) is 1. The molecule has 0 radical (unpaired) electrons. The molecule has 1 unspecified atom stereocenters. The average Bonchev–Trinajstić information content (AvgIpc) is 2.91. The standard InChI is InChI=1S/C14H13NO4S/c1-14(13(16)17,9-12-3-2-8-20-12)10-4-6-11(7-5-10)15(18)19/h2-8H,9H2,1H3,(H,16,17). The summed E-state index contributed by atoms with van der Waals surface area (Å²) in [4.78, 5) is 22.7. The van der Waals surface area contributed by atoms with Crippen molar-refractivity contribution in [1.29, 1.82) is 0 Å². The lowest BCUT2D eigenvalue weighted by Crippen LogP contribution is -2.34. The second-order valence-electron chi connectivity index (χ2n) is 4.70. The van der Waals surface area contributed by atoms with Gasteiger partial charge in [-0.3, -0.25) is 14.9 Å². The number of carboxylic acid groups (broad SMARTS) is 1. The second-order valence-corrected chi connectivity index (χ2v) is 5.73. The maximum Gasteiger partial charge on any atom is 0.314 e. The number of carboxylic acids is 1. The van der Waals surface area contributed by atoms with Crippen LogP contribution in [0.25, 0.3) is 0 Å². The van der Waals surface area contributed by atoms with E-state index in [0.29, 0.717) is 12.0 Å². The van der Waals surface area contributed by atoms with E-state index in [-0.39, 0.29) is 5.69 Å². The molecule has 0 fully saturated rings. The molecule has 0 aliphatic heterocycles. The van der Waals surface area contributed by atoms with Gasteiger partial charge in [-0.05, 0) is 23.9 Å². The van der Waals surface area contributed by atoms with Gasteiger partial charge in [0, 0.05) is 23.4 Å². The van der Waals surface area contributed by atoms with Crippen molar-refractivity contribution in [3.05, 3.63) is 62.3 Å². The second kappa shape index (κ2) is 5.42. The molecule has 5 nitrogen and oxygen atoms in total. The van der Waals surface area contributed by atoms with Crippen LogP contribution in [0.3, 0.4) is 0 Å². The molecule has 104 valence electrons. The molecule has 0 saturated carbocycles. The minimum atomic E-state index is -1.10. The first-order chi connectivity index (χ1) is 9.43. The lowest BCUT2D eigenvalue weighted by atomic mass is 9.79. The third-order valence-corrected chi connectivity index (χ3v) is 4.17. The number of rotatable bonds is 5. The van der Waals surface area contributed by atoms with Gasteiger partial charge in [0.2, 0.25) is 0 Å². The van der Waals surface area contributed by atoms with Crippen molar-refractivity contribution in [3.63, 3.8) is 0 Å². The van der Waals surface area contributed by atoms with Gasteiger partial charge in [0.15, 0.2) is 0 Å². The molecular weight excluding hydrogens is 278 g/mol.